The van der Waals surface area contributed by atoms with Crippen LogP contribution in [-0.2, 0) is 14.3 Å². The van der Waals surface area contributed by atoms with E-state index in [0.29, 0.717) is 12.2 Å². The summed E-state index contributed by atoms with van der Waals surface area (Å²) in [7, 11) is 0. The van der Waals surface area contributed by atoms with Crippen LogP contribution in [-0.4, -0.2) is 24.1 Å². The number of carbonyl (C=O) groups excluding carboxylic acids is 2. The Labute approximate surface area is 156 Å². The Bertz CT molecular complexity index is 769. The number of rotatable bonds is 7. The van der Waals surface area contributed by atoms with Crippen LogP contribution in [0.1, 0.15) is 20.3 Å². The highest BCUT2D eigenvalue weighted by molar-refractivity contribution is 6.30. The molecule has 0 unspecified atom stereocenters. The topological polar surface area (TPSA) is 64.6 Å². The van der Waals surface area contributed by atoms with Crippen molar-refractivity contribution in [3.63, 3.8) is 0 Å². The van der Waals surface area contributed by atoms with Crippen molar-refractivity contribution in [2.75, 3.05) is 5.32 Å². The molecule has 26 heavy (non-hydrogen) atoms. The van der Waals surface area contributed by atoms with E-state index >= 15 is 0 Å². The van der Waals surface area contributed by atoms with E-state index in [1.165, 1.54) is 19.1 Å². The van der Waals surface area contributed by atoms with Crippen molar-refractivity contribution < 1.29 is 23.5 Å². The average Bonchev–Trinajstić information content (AvgIpc) is 2.62. The molecule has 0 heterocycles. The monoisotopic (exact) mass is 379 g/mol. The maximum Gasteiger partial charge on any atom is 0.348 e. The second-order valence-corrected chi connectivity index (χ2v) is 5.96. The fourth-order valence-electron chi connectivity index (χ4n) is 2.09. The predicted molar refractivity (Wildman–Crippen MR) is 96.7 cm³/mol. The van der Waals surface area contributed by atoms with Crippen LogP contribution < -0.4 is 10.1 Å². The van der Waals surface area contributed by atoms with Crippen molar-refractivity contribution >= 4 is 29.2 Å². The van der Waals surface area contributed by atoms with E-state index in [2.05, 4.69) is 5.32 Å². The molecule has 0 radical (unpaired) electrons. The van der Waals surface area contributed by atoms with E-state index < -0.39 is 29.9 Å². The van der Waals surface area contributed by atoms with Gasteiger partial charge in [-0.2, -0.15) is 0 Å². The zero-order valence-electron chi connectivity index (χ0n) is 14.4. The molecule has 0 aromatic heterocycles. The molecule has 0 fully saturated rings. The molecule has 2 atom stereocenters. The van der Waals surface area contributed by atoms with Crippen LogP contribution in [0.2, 0.25) is 5.02 Å². The summed E-state index contributed by atoms with van der Waals surface area (Å²) in [5.74, 6) is -1.48. The molecule has 1 amide bonds. The third kappa shape index (κ3) is 5.46. The Morgan fingerprint density at radius 3 is 2.50 bits per heavy atom. The molecule has 7 heteroatoms. The van der Waals surface area contributed by atoms with Gasteiger partial charge >= 0.3 is 5.97 Å². The highest BCUT2D eigenvalue weighted by atomic mass is 35.5. The Balaban J connectivity index is 1.94. The van der Waals surface area contributed by atoms with Gasteiger partial charge in [0.2, 0.25) is 0 Å². The Morgan fingerprint density at radius 1 is 1.19 bits per heavy atom. The minimum Gasteiger partial charge on any atom is -0.479 e. The van der Waals surface area contributed by atoms with Crippen LogP contribution in [0.15, 0.2) is 48.5 Å². The van der Waals surface area contributed by atoms with Crippen LogP contribution >= 0.6 is 11.6 Å². The van der Waals surface area contributed by atoms with Crippen molar-refractivity contribution in [2.45, 2.75) is 32.5 Å². The first kappa shape index (κ1) is 19.7. The van der Waals surface area contributed by atoms with Crippen LogP contribution in [0, 0.1) is 5.82 Å². The number of esters is 1. The Morgan fingerprint density at radius 2 is 1.88 bits per heavy atom. The molecule has 2 aromatic rings. The molecule has 1 N–H and O–H groups in total. The van der Waals surface area contributed by atoms with Crippen molar-refractivity contribution in [2.24, 2.45) is 0 Å². The van der Waals surface area contributed by atoms with Crippen LogP contribution in [0.3, 0.4) is 0 Å². The summed E-state index contributed by atoms with van der Waals surface area (Å²) >= 11 is 5.67. The fraction of sp³-hybridized carbons (Fsp3) is 0.263. The minimum absolute atomic E-state index is 0.0464. The number of halogens is 2. The van der Waals surface area contributed by atoms with E-state index in [4.69, 9.17) is 21.1 Å². The number of anilines is 1. The third-order valence-corrected chi connectivity index (χ3v) is 3.74. The Hall–Kier alpha value is -2.60. The Kier molecular flexibility index (Phi) is 6.97. The van der Waals surface area contributed by atoms with Gasteiger partial charge in [-0.1, -0.05) is 36.7 Å². The summed E-state index contributed by atoms with van der Waals surface area (Å²) in [5, 5.41) is 2.57. The predicted octanol–water partition coefficient (Wildman–Crippen LogP) is 4.21. The van der Waals surface area contributed by atoms with Gasteiger partial charge < -0.3 is 14.8 Å². The van der Waals surface area contributed by atoms with Crippen molar-refractivity contribution in [3.8, 4) is 5.75 Å². The molecular formula is C19H19ClFNO4. The molecule has 0 aliphatic heterocycles. The van der Waals surface area contributed by atoms with Crippen molar-refractivity contribution in [1.29, 1.82) is 0 Å². The number of amides is 1. The first-order valence-electron chi connectivity index (χ1n) is 8.08. The molecule has 0 bridgehead atoms. The summed E-state index contributed by atoms with van der Waals surface area (Å²) in [6.45, 7) is 3.17. The summed E-state index contributed by atoms with van der Waals surface area (Å²) in [6.07, 6.45) is -1.60. The van der Waals surface area contributed by atoms with E-state index in [9.17, 15) is 14.0 Å². The number of para-hydroxylation sites is 1. The van der Waals surface area contributed by atoms with Gasteiger partial charge in [-0.25, -0.2) is 9.18 Å². The third-order valence-electron chi connectivity index (χ3n) is 3.51. The van der Waals surface area contributed by atoms with Crippen molar-refractivity contribution in [1.82, 2.24) is 0 Å². The fourth-order valence-corrected chi connectivity index (χ4v) is 2.25. The number of benzene rings is 2. The lowest BCUT2D eigenvalue weighted by Crippen LogP contribution is -2.36. The lowest BCUT2D eigenvalue weighted by molar-refractivity contribution is -0.160. The van der Waals surface area contributed by atoms with Crippen LogP contribution in [0.25, 0.3) is 0 Å². The second kappa shape index (κ2) is 9.20. The summed E-state index contributed by atoms with van der Waals surface area (Å²) in [5.41, 5.74) is -0.0464. The largest absolute Gasteiger partial charge is 0.479 e. The molecule has 5 nitrogen and oxygen atoms in total. The molecule has 0 aliphatic rings. The molecule has 138 valence electrons. The molecule has 0 spiro atoms. The molecule has 0 aliphatic carbocycles. The molecule has 2 rings (SSSR count). The van der Waals surface area contributed by atoms with E-state index in [1.807, 2.05) is 6.07 Å². The van der Waals surface area contributed by atoms with Gasteiger partial charge in [0, 0.05) is 5.02 Å². The zero-order valence-corrected chi connectivity index (χ0v) is 15.1. The van der Waals surface area contributed by atoms with Gasteiger partial charge in [-0.3, -0.25) is 4.79 Å². The van der Waals surface area contributed by atoms with Crippen molar-refractivity contribution in [3.05, 3.63) is 59.4 Å². The number of ether oxygens (including phenoxy) is 2. The highest BCUT2D eigenvalue weighted by Gasteiger charge is 2.25. The van der Waals surface area contributed by atoms with Gasteiger partial charge in [0.25, 0.3) is 5.91 Å². The van der Waals surface area contributed by atoms with E-state index in [1.54, 1.807) is 31.2 Å². The summed E-state index contributed by atoms with van der Waals surface area (Å²) < 4.78 is 24.5. The first-order valence-corrected chi connectivity index (χ1v) is 8.46. The zero-order chi connectivity index (χ0) is 19.1. The lowest BCUT2D eigenvalue weighted by Gasteiger charge is -2.19. The first-order chi connectivity index (χ1) is 12.4. The smallest absolute Gasteiger partial charge is 0.348 e. The minimum atomic E-state index is -1.12. The van der Waals surface area contributed by atoms with E-state index in [-0.39, 0.29) is 10.7 Å². The molecule has 0 saturated carbocycles. The highest BCUT2D eigenvalue weighted by Crippen LogP contribution is 2.19. The van der Waals surface area contributed by atoms with E-state index in [0.717, 1.165) is 6.07 Å². The molecule has 0 saturated heterocycles. The van der Waals surface area contributed by atoms with Gasteiger partial charge in [0.15, 0.2) is 12.2 Å². The van der Waals surface area contributed by atoms with Crippen LogP contribution in [0.4, 0.5) is 10.1 Å². The maximum atomic E-state index is 13.7. The summed E-state index contributed by atoms with van der Waals surface area (Å²) in [4.78, 5) is 24.4. The molecule has 2 aromatic carbocycles. The van der Waals surface area contributed by atoms with Gasteiger partial charge in [0.05, 0.1) is 5.69 Å². The summed E-state index contributed by atoms with van der Waals surface area (Å²) in [6, 6.07) is 12.7. The normalized spacial score (nSPS) is 12.8. The van der Waals surface area contributed by atoms with Gasteiger partial charge in [-0.05, 0) is 43.7 Å². The SMILES string of the molecule is CC[C@H](Oc1ccccc1)C(=O)O[C@@H](C)C(=O)Nc1ccc(Cl)cc1F. The maximum absolute atomic E-state index is 13.7. The number of nitrogens with one attached hydrogen (secondary N) is 1. The quantitative estimate of drug-likeness (QED) is 0.732. The standard InChI is InChI=1S/C19H19ClFNO4/c1-3-17(26-14-7-5-4-6-8-14)19(24)25-12(2)18(23)22-16-10-9-13(20)11-15(16)21/h4-12,17H,3H2,1-2H3,(H,22,23)/t12-,17-/m0/s1. The average molecular weight is 380 g/mol. The van der Waals surface area contributed by atoms with Crippen LogP contribution in [0.5, 0.6) is 5.75 Å². The number of hydrogen-bond acceptors (Lipinski definition) is 4. The molecular weight excluding hydrogens is 361 g/mol. The number of hydrogen-bond donors (Lipinski definition) is 1. The van der Waals surface area contributed by atoms with Gasteiger partial charge in [-0.15, -0.1) is 0 Å². The number of carbonyl (C=O) groups is 2. The lowest BCUT2D eigenvalue weighted by atomic mass is 10.2. The second-order valence-electron chi connectivity index (χ2n) is 5.52. The van der Waals surface area contributed by atoms with Gasteiger partial charge in [0.1, 0.15) is 11.6 Å².